The third-order valence-electron chi connectivity index (χ3n) is 3.87. The summed E-state index contributed by atoms with van der Waals surface area (Å²) in [5.41, 5.74) is 7.32. The normalized spacial score (nSPS) is 31.9. The first-order valence-corrected chi connectivity index (χ1v) is 5.43. The molecule has 2 bridgehead atoms. The number of nitrogens with two attached hydrogens (primary N) is 1. The maximum Gasteiger partial charge on any atom is 0.416 e. The van der Waals surface area contributed by atoms with Crippen molar-refractivity contribution in [3.05, 3.63) is 34.9 Å². The Kier molecular flexibility index (Phi) is 1.90. The van der Waals surface area contributed by atoms with E-state index in [9.17, 15) is 13.2 Å². The largest absolute Gasteiger partial charge is 0.416 e. The van der Waals surface area contributed by atoms with Crippen LogP contribution < -0.4 is 5.73 Å². The van der Waals surface area contributed by atoms with E-state index in [1.165, 1.54) is 12.1 Å². The van der Waals surface area contributed by atoms with Gasteiger partial charge in [-0.3, -0.25) is 0 Å². The van der Waals surface area contributed by atoms with Crippen LogP contribution in [-0.2, 0) is 6.18 Å². The molecule has 3 atom stereocenters. The first-order chi connectivity index (χ1) is 7.47. The van der Waals surface area contributed by atoms with Gasteiger partial charge in [0.1, 0.15) is 0 Å². The third kappa shape index (κ3) is 1.29. The molecule has 0 heterocycles. The molecule has 86 valence electrons. The highest BCUT2D eigenvalue weighted by molar-refractivity contribution is 5.45. The summed E-state index contributed by atoms with van der Waals surface area (Å²) < 4.78 is 37.7. The Morgan fingerprint density at radius 2 is 1.88 bits per heavy atom. The van der Waals surface area contributed by atoms with Gasteiger partial charge in [-0.05, 0) is 47.9 Å². The molecule has 2 N–H and O–H groups in total. The summed E-state index contributed by atoms with van der Waals surface area (Å²) >= 11 is 0. The van der Waals surface area contributed by atoms with E-state index in [1.807, 2.05) is 0 Å². The van der Waals surface area contributed by atoms with Gasteiger partial charge in [-0.25, -0.2) is 0 Å². The van der Waals surface area contributed by atoms with Crippen molar-refractivity contribution in [2.75, 3.05) is 0 Å². The van der Waals surface area contributed by atoms with Gasteiger partial charge in [0.2, 0.25) is 0 Å². The van der Waals surface area contributed by atoms with E-state index < -0.39 is 11.7 Å². The average molecular weight is 227 g/mol. The second kappa shape index (κ2) is 3.00. The SMILES string of the molecule is N[C@@H]1CC2C[C@@H]1c1ccc(C(F)(F)F)cc12. The lowest BCUT2D eigenvalue weighted by Crippen LogP contribution is -2.25. The first kappa shape index (κ1) is 10.1. The van der Waals surface area contributed by atoms with E-state index >= 15 is 0 Å². The van der Waals surface area contributed by atoms with Crippen LogP contribution in [0, 0.1) is 0 Å². The van der Waals surface area contributed by atoms with Crippen LogP contribution in [0.15, 0.2) is 18.2 Å². The molecule has 0 aromatic heterocycles. The Morgan fingerprint density at radius 1 is 1.12 bits per heavy atom. The van der Waals surface area contributed by atoms with Crippen LogP contribution >= 0.6 is 0 Å². The summed E-state index contributed by atoms with van der Waals surface area (Å²) in [6, 6.07) is 4.23. The molecule has 0 radical (unpaired) electrons. The second-order valence-corrected chi connectivity index (χ2v) is 4.78. The Labute approximate surface area is 91.4 Å². The molecule has 3 rings (SSSR count). The zero-order chi connectivity index (χ0) is 11.5. The van der Waals surface area contributed by atoms with Gasteiger partial charge >= 0.3 is 6.18 Å². The van der Waals surface area contributed by atoms with Crippen LogP contribution in [0.4, 0.5) is 13.2 Å². The van der Waals surface area contributed by atoms with Crippen LogP contribution in [-0.4, -0.2) is 6.04 Å². The number of rotatable bonds is 0. The molecule has 2 aliphatic rings. The molecule has 0 spiro atoms. The van der Waals surface area contributed by atoms with Crippen molar-refractivity contribution in [3.8, 4) is 0 Å². The molecular weight excluding hydrogens is 215 g/mol. The summed E-state index contributed by atoms with van der Waals surface area (Å²) in [6.07, 6.45) is -2.48. The maximum atomic E-state index is 12.6. The van der Waals surface area contributed by atoms with Gasteiger partial charge in [-0.1, -0.05) is 6.07 Å². The summed E-state index contributed by atoms with van der Waals surface area (Å²) in [7, 11) is 0. The van der Waals surface area contributed by atoms with Crippen molar-refractivity contribution in [1.29, 1.82) is 0 Å². The quantitative estimate of drug-likeness (QED) is 0.724. The van der Waals surface area contributed by atoms with Crippen molar-refractivity contribution in [2.45, 2.75) is 36.9 Å². The number of hydrogen-bond acceptors (Lipinski definition) is 1. The van der Waals surface area contributed by atoms with E-state index in [0.717, 1.165) is 24.0 Å². The fraction of sp³-hybridized carbons (Fsp3) is 0.500. The van der Waals surface area contributed by atoms with E-state index in [2.05, 4.69) is 0 Å². The van der Waals surface area contributed by atoms with Gasteiger partial charge in [0.15, 0.2) is 0 Å². The molecule has 16 heavy (non-hydrogen) atoms. The predicted molar refractivity (Wildman–Crippen MR) is 54.1 cm³/mol. The number of halogens is 3. The zero-order valence-corrected chi connectivity index (χ0v) is 8.59. The van der Waals surface area contributed by atoms with Crippen LogP contribution in [0.5, 0.6) is 0 Å². The van der Waals surface area contributed by atoms with Crippen molar-refractivity contribution in [3.63, 3.8) is 0 Å². The van der Waals surface area contributed by atoms with Crippen molar-refractivity contribution in [2.24, 2.45) is 5.73 Å². The van der Waals surface area contributed by atoms with Gasteiger partial charge in [0.25, 0.3) is 0 Å². The summed E-state index contributed by atoms with van der Waals surface area (Å²) in [6.45, 7) is 0. The van der Waals surface area contributed by atoms with Crippen molar-refractivity contribution in [1.82, 2.24) is 0 Å². The maximum absolute atomic E-state index is 12.6. The lowest BCUT2D eigenvalue weighted by Gasteiger charge is -2.22. The molecule has 1 nitrogen and oxygen atoms in total. The molecule has 0 aliphatic heterocycles. The molecule has 1 fully saturated rings. The number of hydrogen-bond donors (Lipinski definition) is 1. The van der Waals surface area contributed by atoms with Crippen LogP contribution in [0.2, 0.25) is 0 Å². The monoisotopic (exact) mass is 227 g/mol. The molecule has 1 unspecified atom stereocenters. The highest BCUT2D eigenvalue weighted by atomic mass is 19.4. The van der Waals surface area contributed by atoms with Gasteiger partial charge in [-0.2, -0.15) is 13.2 Å². The highest BCUT2D eigenvalue weighted by Crippen LogP contribution is 2.53. The van der Waals surface area contributed by atoms with Crippen LogP contribution in [0.25, 0.3) is 0 Å². The minimum atomic E-state index is -4.24. The smallest absolute Gasteiger partial charge is 0.327 e. The number of benzene rings is 1. The molecule has 1 aromatic carbocycles. The lowest BCUT2D eigenvalue weighted by atomic mass is 9.87. The molecular formula is C12H12F3N. The standard InChI is InChI=1S/C12H12F3N/c13-12(14,15)7-1-2-8-9(5-7)6-3-10(8)11(16)4-6/h1-2,5-6,10-11H,3-4,16H2/t6?,10-,11-/m1/s1. The van der Waals surface area contributed by atoms with Crippen molar-refractivity contribution < 1.29 is 13.2 Å². The van der Waals surface area contributed by atoms with E-state index in [-0.39, 0.29) is 17.9 Å². The minimum Gasteiger partial charge on any atom is -0.327 e. The van der Waals surface area contributed by atoms with E-state index in [0.29, 0.717) is 0 Å². The predicted octanol–water partition coefficient (Wildman–Crippen LogP) is 3.01. The third-order valence-corrected chi connectivity index (χ3v) is 3.87. The summed E-state index contributed by atoms with van der Waals surface area (Å²) in [5.74, 6) is 0.527. The average Bonchev–Trinajstić information content (AvgIpc) is 2.73. The number of alkyl halides is 3. The molecule has 1 saturated carbocycles. The van der Waals surface area contributed by atoms with E-state index in [4.69, 9.17) is 5.73 Å². The number of fused-ring (bicyclic) bond motifs is 5. The summed E-state index contributed by atoms with van der Waals surface area (Å²) in [5, 5.41) is 0. The Morgan fingerprint density at radius 3 is 2.56 bits per heavy atom. The fourth-order valence-corrected chi connectivity index (χ4v) is 3.12. The second-order valence-electron chi connectivity index (χ2n) is 4.78. The van der Waals surface area contributed by atoms with Gasteiger partial charge < -0.3 is 5.73 Å². The van der Waals surface area contributed by atoms with Gasteiger partial charge in [-0.15, -0.1) is 0 Å². The van der Waals surface area contributed by atoms with Gasteiger partial charge in [0, 0.05) is 6.04 Å². The van der Waals surface area contributed by atoms with E-state index in [1.54, 1.807) is 6.07 Å². The topological polar surface area (TPSA) is 26.0 Å². The highest BCUT2D eigenvalue weighted by Gasteiger charge is 2.43. The Balaban J connectivity index is 2.06. The fourth-order valence-electron chi connectivity index (χ4n) is 3.12. The molecule has 0 saturated heterocycles. The lowest BCUT2D eigenvalue weighted by molar-refractivity contribution is -0.137. The Hall–Kier alpha value is -1.03. The molecule has 4 heteroatoms. The molecule has 1 aromatic rings. The van der Waals surface area contributed by atoms with Gasteiger partial charge in [0.05, 0.1) is 5.56 Å². The molecule has 2 aliphatic carbocycles. The zero-order valence-electron chi connectivity index (χ0n) is 8.59. The van der Waals surface area contributed by atoms with Crippen LogP contribution in [0.1, 0.15) is 41.4 Å². The minimum absolute atomic E-state index is 0.134. The summed E-state index contributed by atoms with van der Waals surface area (Å²) in [4.78, 5) is 0. The Bertz CT molecular complexity index is 438. The van der Waals surface area contributed by atoms with Crippen LogP contribution in [0.3, 0.4) is 0 Å². The first-order valence-electron chi connectivity index (χ1n) is 5.43. The van der Waals surface area contributed by atoms with Crippen molar-refractivity contribution >= 4 is 0 Å². The molecule has 0 amide bonds.